The molecule has 0 spiro atoms. The van der Waals surface area contributed by atoms with E-state index in [0.717, 1.165) is 15.8 Å². The Labute approximate surface area is 132 Å². The molecule has 0 N–H and O–H groups in total. The Hall–Kier alpha value is -2.18. The van der Waals surface area contributed by atoms with Crippen LogP contribution >= 0.6 is 11.3 Å². The number of hydrogen-bond donors (Lipinski definition) is 0. The molecule has 6 heteroatoms. The van der Waals surface area contributed by atoms with Gasteiger partial charge in [0, 0.05) is 12.7 Å². The van der Waals surface area contributed by atoms with Crippen molar-refractivity contribution in [3.8, 4) is 0 Å². The lowest BCUT2D eigenvalue weighted by Crippen LogP contribution is -2.34. The molecule has 0 bridgehead atoms. The van der Waals surface area contributed by atoms with Gasteiger partial charge in [-0.1, -0.05) is 23.5 Å². The molecule has 114 valence electrons. The van der Waals surface area contributed by atoms with Crippen LogP contribution in [-0.4, -0.2) is 31.2 Å². The molecule has 1 aromatic carbocycles. The fourth-order valence-corrected chi connectivity index (χ4v) is 3.15. The van der Waals surface area contributed by atoms with Crippen LogP contribution in [0.3, 0.4) is 0 Å². The van der Waals surface area contributed by atoms with Gasteiger partial charge in [0.1, 0.15) is 0 Å². The number of rotatable bonds is 5. The van der Waals surface area contributed by atoms with Crippen molar-refractivity contribution in [2.24, 2.45) is 0 Å². The van der Waals surface area contributed by atoms with E-state index in [0.29, 0.717) is 24.0 Å². The van der Waals surface area contributed by atoms with Crippen molar-refractivity contribution in [2.75, 3.05) is 25.2 Å². The number of methoxy groups -OCH3 is 1. The molecule has 5 nitrogen and oxygen atoms in total. The van der Waals surface area contributed by atoms with Gasteiger partial charge < -0.3 is 9.15 Å². The van der Waals surface area contributed by atoms with Gasteiger partial charge in [-0.05, 0) is 25.1 Å². The Bertz CT molecular complexity index is 760. The van der Waals surface area contributed by atoms with E-state index in [2.05, 4.69) is 4.98 Å². The summed E-state index contributed by atoms with van der Waals surface area (Å²) in [6, 6.07) is 9.60. The lowest BCUT2D eigenvalue weighted by Gasteiger charge is -2.18. The largest absolute Gasteiger partial charge is 0.459 e. The van der Waals surface area contributed by atoms with Crippen molar-refractivity contribution < 1.29 is 13.9 Å². The highest BCUT2D eigenvalue weighted by atomic mass is 32.1. The van der Waals surface area contributed by atoms with Crippen LogP contribution in [-0.2, 0) is 4.74 Å². The Morgan fingerprint density at radius 2 is 2.18 bits per heavy atom. The number of nitrogens with zero attached hydrogens (tertiary/aromatic N) is 2. The van der Waals surface area contributed by atoms with Crippen molar-refractivity contribution in [3.63, 3.8) is 0 Å². The number of hydrogen-bond acceptors (Lipinski definition) is 5. The van der Waals surface area contributed by atoms with Crippen molar-refractivity contribution in [2.45, 2.75) is 6.92 Å². The van der Waals surface area contributed by atoms with Crippen LogP contribution in [0.15, 0.2) is 41.0 Å². The quantitative estimate of drug-likeness (QED) is 0.723. The number of benzene rings is 1. The minimum Gasteiger partial charge on any atom is -0.459 e. The van der Waals surface area contributed by atoms with Crippen LogP contribution in [0.5, 0.6) is 0 Å². The summed E-state index contributed by atoms with van der Waals surface area (Å²) in [5, 5.41) is 0.652. The minimum atomic E-state index is -0.196. The first kappa shape index (κ1) is 14.7. The highest BCUT2D eigenvalue weighted by Crippen LogP contribution is 2.29. The maximum Gasteiger partial charge on any atom is 0.296 e. The maximum atomic E-state index is 12.8. The normalized spacial score (nSPS) is 11.0. The summed E-state index contributed by atoms with van der Waals surface area (Å²) < 4.78 is 11.5. The Morgan fingerprint density at radius 3 is 2.86 bits per heavy atom. The summed E-state index contributed by atoms with van der Waals surface area (Å²) in [5.74, 6) is 0.147. The van der Waals surface area contributed by atoms with E-state index < -0.39 is 0 Å². The zero-order valence-electron chi connectivity index (χ0n) is 12.4. The third-order valence-electron chi connectivity index (χ3n) is 3.33. The van der Waals surface area contributed by atoms with Crippen LogP contribution in [0.1, 0.15) is 16.1 Å². The number of amides is 1. The van der Waals surface area contributed by atoms with Crippen molar-refractivity contribution in [1.82, 2.24) is 4.98 Å². The average Bonchev–Trinajstić information content (AvgIpc) is 3.13. The molecule has 0 fully saturated rings. The van der Waals surface area contributed by atoms with Crippen LogP contribution in [0, 0.1) is 6.92 Å². The number of thiazole rings is 1. The Kier molecular flexibility index (Phi) is 4.22. The maximum absolute atomic E-state index is 12.8. The van der Waals surface area contributed by atoms with E-state index in [-0.39, 0.29) is 5.91 Å². The smallest absolute Gasteiger partial charge is 0.296 e. The summed E-state index contributed by atoms with van der Waals surface area (Å²) in [6.07, 6.45) is 1.52. The third-order valence-corrected chi connectivity index (χ3v) is 4.39. The molecule has 0 saturated carbocycles. The number of carbonyl (C=O) groups is 1. The molecule has 0 aliphatic heterocycles. The van der Waals surface area contributed by atoms with Crippen LogP contribution < -0.4 is 4.90 Å². The number of para-hydroxylation sites is 1. The molecule has 0 atom stereocenters. The van der Waals surface area contributed by atoms with Crippen molar-refractivity contribution >= 4 is 32.6 Å². The van der Waals surface area contributed by atoms with E-state index in [4.69, 9.17) is 9.15 Å². The Balaban J connectivity index is 1.98. The molecule has 3 aromatic rings. The first-order valence-electron chi connectivity index (χ1n) is 6.91. The van der Waals surface area contributed by atoms with Gasteiger partial charge >= 0.3 is 0 Å². The number of anilines is 1. The minimum absolute atomic E-state index is 0.196. The molecular weight excluding hydrogens is 300 g/mol. The number of carbonyl (C=O) groups excluding carboxylic acids is 1. The predicted octanol–water partition coefficient (Wildman–Crippen LogP) is 3.49. The van der Waals surface area contributed by atoms with E-state index >= 15 is 0 Å². The molecule has 0 radical (unpaired) electrons. The van der Waals surface area contributed by atoms with Gasteiger partial charge in [0.25, 0.3) is 5.91 Å². The van der Waals surface area contributed by atoms with Gasteiger partial charge in [-0.25, -0.2) is 4.98 Å². The summed E-state index contributed by atoms with van der Waals surface area (Å²) >= 11 is 1.48. The molecule has 3 rings (SSSR count). The van der Waals surface area contributed by atoms with Crippen molar-refractivity contribution in [3.05, 3.63) is 47.9 Å². The number of furan rings is 1. The molecule has 0 aliphatic rings. The molecule has 1 amide bonds. The summed E-state index contributed by atoms with van der Waals surface area (Å²) in [6.45, 7) is 2.71. The number of fused-ring (bicyclic) bond motifs is 1. The lowest BCUT2D eigenvalue weighted by atomic mass is 10.2. The molecule has 0 aliphatic carbocycles. The number of aromatic nitrogens is 1. The highest BCUT2D eigenvalue weighted by Gasteiger charge is 2.24. The molecular formula is C16H16N2O3S. The van der Waals surface area contributed by atoms with Crippen LogP contribution in [0.2, 0.25) is 0 Å². The van der Waals surface area contributed by atoms with E-state index in [9.17, 15) is 4.79 Å². The second kappa shape index (κ2) is 6.29. The lowest BCUT2D eigenvalue weighted by molar-refractivity contribution is 0.0948. The predicted molar refractivity (Wildman–Crippen MR) is 86.6 cm³/mol. The molecule has 0 unspecified atom stereocenters. The second-order valence-corrected chi connectivity index (χ2v) is 5.86. The monoisotopic (exact) mass is 316 g/mol. The van der Waals surface area contributed by atoms with Gasteiger partial charge in [-0.2, -0.15) is 0 Å². The summed E-state index contributed by atoms with van der Waals surface area (Å²) in [5.41, 5.74) is 1.70. The highest BCUT2D eigenvalue weighted by molar-refractivity contribution is 7.22. The van der Waals surface area contributed by atoms with Gasteiger partial charge in [0.15, 0.2) is 10.9 Å². The average molecular weight is 316 g/mol. The topological polar surface area (TPSA) is 55.6 Å². The zero-order chi connectivity index (χ0) is 15.5. The van der Waals surface area contributed by atoms with Crippen LogP contribution in [0.25, 0.3) is 10.2 Å². The van der Waals surface area contributed by atoms with E-state index in [1.807, 2.05) is 31.2 Å². The fourth-order valence-electron chi connectivity index (χ4n) is 2.16. The third kappa shape index (κ3) is 2.75. The standard InChI is InChI=1S/C16H16N2O3S/c1-11-7-9-21-14(11)15(19)18(8-10-20-2)16-17-12-5-3-4-6-13(12)22-16/h3-7,9H,8,10H2,1-2H3. The first-order chi connectivity index (χ1) is 10.7. The van der Waals surface area contributed by atoms with Gasteiger partial charge in [-0.15, -0.1) is 0 Å². The van der Waals surface area contributed by atoms with E-state index in [1.165, 1.54) is 17.6 Å². The fraction of sp³-hybridized carbons (Fsp3) is 0.250. The summed E-state index contributed by atoms with van der Waals surface area (Å²) in [4.78, 5) is 18.9. The van der Waals surface area contributed by atoms with Crippen LogP contribution in [0.4, 0.5) is 5.13 Å². The zero-order valence-corrected chi connectivity index (χ0v) is 13.2. The van der Waals surface area contributed by atoms with E-state index in [1.54, 1.807) is 18.1 Å². The first-order valence-corrected chi connectivity index (χ1v) is 7.73. The molecule has 0 saturated heterocycles. The van der Waals surface area contributed by atoms with Gasteiger partial charge in [0.05, 0.1) is 29.6 Å². The molecule has 2 heterocycles. The molecule has 22 heavy (non-hydrogen) atoms. The number of ether oxygens (including phenoxy) is 1. The molecule has 2 aromatic heterocycles. The SMILES string of the molecule is COCCN(C(=O)c1occc1C)c1nc2ccccc2s1. The van der Waals surface area contributed by atoms with Crippen molar-refractivity contribution in [1.29, 1.82) is 0 Å². The second-order valence-electron chi connectivity index (χ2n) is 4.85. The van der Waals surface area contributed by atoms with Gasteiger partial charge in [0.2, 0.25) is 0 Å². The summed E-state index contributed by atoms with van der Waals surface area (Å²) in [7, 11) is 1.61. The number of aryl methyl sites for hydroxylation is 1. The van der Waals surface area contributed by atoms with Gasteiger partial charge in [-0.3, -0.25) is 9.69 Å². The Morgan fingerprint density at radius 1 is 1.36 bits per heavy atom.